The van der Waals surface area contributed by atoms with Crippen LogP contribution in [0.25, 0.3) is 39.0 Å². The van der Waals surface area contributed by atoms with Gasteiger partial charge in [0.15, 0.2) is 0 Å². The first-order valence-electron chi connectivity index (χ1n) is 11.2. The Bertz CT molecular complexity index is 1470. The van der Waals surface area contributed by atoms with Gasteiger partial charge >= 0.3 is 0 Å². The van der Waals surface area contributed by atoms with Crippen molar-refractivity contribution in [2.24, 2.45) is 4.99 Å². The number of nitrogens with zero attached hydrogens (tertiary/aromatic N) is 3. The summed E-state index contributed by atoms with van der Waals surface area (Å²) in [6.07, 6.45) is 9.23. The molecule has 0 aliphatic carbocycles. The molecule has 0 radical (unpaired) electrons. The highest BCUT2D eigenvalue weighted by atomic mass is 16.3. The molecule has 0 aliphatic rings. The second-order valence-corrected chi connectivity index (χ2v) is 8.01. The third kappa shape index (κ3) is 3.97. The number of pyridine rings is 1. The van der Waals surface area contributed by atoms with E-state index in [1.165, 1.54) is 0 Å². The van der Waals surface area contributed by atoms with Crippen molar-refractivity contribution in [3.8, 4) is 22.5 Å². The number of hydrogen-bond donors (Lipinski definition) is 3. The molecule has 0 fully saturated rings. The number of aromatic amines is 2. The van der Waals surface area contributed by atoms with Crippen LogP contribution < -0.4 is 5.32 Å². The molecule has 4 aromatic heterocycles. The summed E-state index contributed by atoms with van der Waals surface area (Å²) < 4.78 is 5.29. The van der Waals surface area contributed by atoms with Crippen molar-refractivity contribution in [2.75, 3.05) is 6.54 Å². The average molecular weight is 451 g/mol. The van der Waals surface area contributed by atoms with E-state index >= 15 is 0 Å². The van der Waals surface area contributed by atoms with Crippen molar-refractivity contribution in [1.82, 2.24) is 25.5 Å². The van der Waals surface area contributed by atoms with Gasteiger partial charge in [-0.25, -0.2) is 4.99 Å². The molecule has 0 bridgehead atoms. The second-order valence-electron chi connectivity index (χ2n) is 8.01. The smallest absolute Gasteiger partial charge is 0.137 e. The first kappa shape index (κ1) is 21.6. The number of aromatic nitrogens is 4. The van der Waals surface area contributed by atoms with Crippen LogP contribution in [0.15, 0.2) is 76.8 Å². The van der Waals surface area contributed by atoms with E-state index in [9.17, 15) is 0 Å². The van der Waals surface area contributed by atoms with Crippen molar-refractivity contribution in [3.63, 3.8) is 0 Å². The number of aliphatic imine (C=N–C) groups is 1. The molecule has 4 heterocycles. The Morgan fingerprint density at radius 3 is 2.85 bits per heavy atom. The second kappa shape index (κ2) is 9.33. The average Bonchev–Trinajstić information content (AvgIpc) is 3.63. The largest absolute Gasteiger partial charge is 0.472 e. The van der Waals surface area contributed by atoms with Crippen molar-refractivity contribution in [1.29, 1.82) is 0 Å². The van der Waals surface area contributed by atoms with Gasteiger partial charge in [-0.3, -0.25) is 10.1 Å². The van der Waals surface area contributed by atoms with Crippen molar-refractivity contribution in [2.45, 2.75) is 20.4 Å². The summed E-state index contributed by atoms with van der Waals surface area (Å²) in [6.45, 7) is 9.57. The van der Waals surface area contributed by atoms with Crippen LogP contribution in [0.1, 0.15) is 30.5 Å². The minimum atomic E-state index is 0.692. The maximum atomic E-state index is 5.29. The zero-order valence-electron chi connectivity index (χ0n) is 19.2. The Kier molecular flexibility index (Phi) is 5.93. The van der Waals surface area contributed by atoms with Crippen LogP contribution >= 0.6 is 0 Å². The number of H-pyrrole nitrogens is 2. The molecule has 34 heavy (non-hydrogen) atoms. The van der Waals surface area contributed by atoms with Gasteiger partial charge in [0.25, 0.3) is 0 Å². The van der Waals surface area contributed by atoms with Gasteiger partial charge in [-0.05, 0) is 67.2 Å². The molecule has 0 atom stereocenters. The van der Waals surface area contributed by atoms with Crippen LogP contribution in [0, 0.1) is 0 Å². The monoisotopic (exact) mass is 450 g/mol. The van der Waals surface area contributed by atoms with E-state index in [1.807, 2.05) is 31.5 Å². The highest BCUT2D eigenvalue weighted by Crippen LogP contribution is 2.37. The number of rotatable bonds is 8. The summed E-state index contributed by atoms with van der Waals surface area (Å²) >= 11 is 0. The highest BCUT2D eigenvalue weighted by Gasteiger charge is 2.18. The van der Waals surface area contributed by atoms with E-state index in [0.717, 1.165) is 68.8 Å². The van der Waals surface area contributed by atoms with Gasteiger partial charge < -0.3 is 14.7 Å². The fraction of sp³-hybridized carbons (Fsp3) is 0.148. The molecule has 1 aromatic carbocycles. The number of allylic oxidation sites excluding steroid dienone is 1. The zero-order valence-corrected chi connectivity index (χ0v) is 19.2. The van der Waals surface area contributed by atoms with E-state index in [4.69, 9.17) is 4.42 Å². The molecular formula is C27H26N6O. The van der Waals surface area contributed by atoms with Gasteiger partial charge in [0.1, 0.15) is 11.5 Å². The fourth-order valence-electron chi connectivity index (χ4n) is 4.21. The Morgan fingerprint density at radius 2 is 2.09 bits per heavy atom. The molecular weight excluding hydrogens is 424 g/mol. The van der Waals surface area contributed by atoms with Crippen LogP contribution in [-0.2, 0) is 6.54 Å². The lowest BCUT2D eigenvalue weighted by Gasteiger charge is -2.06. The zero-order chi connectivity index (χ0) is 23.5. The maximum absolute atomic E-state index is 5.29. The maximum Gasteiger partial charge on any atom is 0.137 e. The van der Waals surface area contributed by atoms with Gasteiger partial charge in [-0.1, -0.05) is 19.1 Å². The van der Waals surface area contributed by atoms with Gasteiger partial charge in [0.2, 0.25) is 0 Å². The minimum absolute atomic E-state index is 0.692. The molecule has 5 rings (SSSR count). The molecule has 0 unspecified atom stereocenters. The first-order chi connectivity index (χ1) is 16.7. The van der Waals surface area contributed by atoms with Crippen LogP contribution in [0.2, 0.25) is 0 Å². The topological polar surface area (TPSA) is 94.9 Å². The summed E-state index contributed by atoms with van der Waals surface area (Å²) in [4.78, 5) is 12.1. The fourth-order valence-corrected chi connectivity index (χ4v) is 4.21. The molecule has 0 saturated heterocycles. The predicted molar refractivity (Wildman–Crippen MR) is 137 cm³/mol. The lowest BCUT2D eigenvalue weighted by molar-refractivity contribution is 0.566. The number of hydrogen-bond acceptors (Lipinski definition) is 5. The normalized spacial score (nSPS) is 11.9. The summed E-state index contributed by atoms with van der Waals surface area (Å²) in [5.74, 6) is 0.692. The van der Waals surface area contributed by atoms with E-state index in [0.29, 0.717) is 5.82 Å². The summed E-state index contributed by atoms with van der Waals surface area (Å²) in [7, 11) is 0. The van der Waals surface area contributed by atoms with Crippen LogP contribution in [0.3, 0.4) is 0 Å². The molecule has 7 heteroatoms. The molecule has 0 aliphatic heterocycles. The minimum Gasteiger partial charge on any atom is -0.472 e. The van der Waals surface area contributed by atoms with Crippen molar-refractivity contribution in [3.05, 3.63) is 84.1 Å². The Hall–Kier alpha value is -4.23. The van der Waals surface area contributed by atoms with Gasteiger partial charge in [0.05, 0.1) is 23.7 Å². The Morgan fingerprint density at radius 1 is 1.18 bits per heavy atom. The van der Waals surface area contributed by atoms with E-state index < -0.39 is 0 Å². The standard InChI is InChI=1S/C27H26N6O/c1-4-21(19-8-9-34-16-19)22-12-25(31-27(22)28-3)26-23-11-18(6-7-24(23)32-33-26)20-10-17(13-29-5-2)14-30-15-20/h4,6-12,14-16,29,31H,3,5,13H2,1-2H3,(H,32,33)/b21-4-. The van der Waals surface area contributed by atoms with Gasteiger partial charge in [-0.15, -0.1) is 0 Å². The van der Waals surface area contributed by atoms with E-state index in [-0.39, 0.29) is 0 Å². The van der Waals surface area contributed by atoms with Gasteiger partial charge in [0, 0.05) is 41.0 Å². The highest BCUT2D eigenvalue weighted by molar-refractivity contribution is 5.97. The number of nitrogens with one attached hydrogen (secondary N) is 3. The lowest BCUT2D eigenvalue weighted by Crippen LogP contribution is -2.11. The molecule has 7 nitrogen and oxygen atoms in total. The quantitative estimate of drug-likeness (QED) is 0.249. The molecule has 0 spiro atoms. The van der Waals surface area contributed by atoms with Crippen LogP contribution in [-0.4, -0.2) is 33.4 Å². The summed E-state index contributed by atoms with van der Waals surface area (Å²) in [5.41, 5.74) is 8.90. The molecule has 0 amide bonds. The number of fused-ring (bicyclic) bond motifs is 1. The Balaban J connectivity index is 1.57. The van der Waals surface area contributed by atoms with Crippen molar-refractivity contribution >= 4 is 29.0 Å². The van der Waals surface area contributed by atoms with Crippen LogP contribution in [0.5, 0.6) is 0 Å². The molecule has 5 aromatic rings. The third-order valence-corrected chi connectivity index (χ3v) is 5.89. The van der Waals surface area contributed by atoms with Gasteiger partial charge in [-0.2, -0.15) is 5.10 Å². The summed E-state index contributed by atoms with van der Waals surface area (Å²) in [6, 6.07) is 12.5. The first-order valence-corrected chi connectivity index (χ1v) is 11.2. The molecule has 3 N–H and O–H groups in total. The predicted octanol–water partition coefficient (Wildman–Crippen LogP) is 6.11. The summed E-state index contributed by atoms with van der Waals surface area (Å²) in [5, 5.41) is 12.1. The number of furan rings is 1. The SMILES string of the molecule is C=Nc1[nH]c(-c2n[nH]c3ccc(-c4cncc(CNCC)c4)cc23)cc1/C(=C\C)c1ccoc1. The number of benzene rings is 1. The van der Waals surface area contributed by atoms with E-state index in [1.54, 1.807) is 12.5 Å². The molecule has 170 valence electrons. The lowest BCUT2D eigenvalue weighted by atomic mass is 10.0. The van der Waals surface area contributed by atoms with Crippen molar-refractivity contribution < 1.29 is 4.42 Å². The third-order valence-electron chi connectivity index (χ3n) is 5.89. The molecule has 0 saturated carbocycles. The van der Waals surface area contributed by atoms with E-state index in [2.05, 4.69) is 74.4 Å². The van der Waals surface area contributed by atoms with Crippen LogP contribution in [0.4, 0.5) is 5.82 Å². The Labute approximate surface area is 197 Å².